The summed E-state index contributed by atoms with van der Waals surface area (Å²) in [5.41, 5.74) is 1.52. The van der Waals surface area contributed by atoms with Crippen molar-refractivity contribution in [3.8, 4) is 0 Å². The monoisotopic (exact) mass is 340 g/mol. The summed E-state index contributed by atoms with van der Waals surface area (Å²) in [4.78, 5) is 2.50. The molecule has 0 amide bonds. The van der Waals surface area contributed by atoms with Crippen LogP contribution in [0.1, 0.15) is 31.2 Å². The molecule has 4 heteroatoms. The number of rotatable bonds is 2. The van der Waals surface area contributed by atoms with Crippen molar-refractivity contribution in [3.05, 3.63) is 34.1 Å². The van der Waals surface area contributed by atoms with E-state index in [4.69, 9.17) is 0 Å². The number of benzene rings is 1. The van der Waals surface area contributed by atoms with Crippen LogP contribution in [0.3, 0.4) is 0 Å². The third-order valence-corrected chi connectivity index (χ3v) is 5.61. The number of hydrogen-bond donors (Lipinski definition) is 1. The molecule has 1 aromatic rings. The number of nitrogens with zero attached hydrogens (tertiary/aromatic N) is 1. The van der Waals surface area contributed by atoms with Gasteiger partial charge in [-0.1, -0.05) is 12.1 Å². The van der Waals surface area contributed by atoms with E-state index in [1.54, 1.807) is 6.07 Å². The Balaban J connectivity index is 1.69. The van der Waals surface area contributed by atoms with Gasteiger partial charge in [-0.15, -0.1) is 0 Å². The van der Waals surface area contributed by atoms with Crippen LogP contribution in [0.4, 0.5) is 4.39 Å². The van der Waals surface area contributed by atoms with Crippen LogP contribution in [0.2, 0.25) is 0 Å². The highest BCUT2D eigenvalue weighted by Crippen LogP contribution is 2.36. The Morgan fingerprint density at radius 3 is 2.95 bits per heavy atom. The van der Waals surface area contributed by atoms with Crippen LogP contribution in [0.15, 0.2) is 22.7 Å². The summed E-state index contributed by atoms with van der Waals surface area (Å²) in [6, 6.07) is 5.33. The van der Waals surface area contributed by atoms with Crippen molar-refractivity contribution >= 4 is 15.9 Å². The first-order valence-electron chi connectivity index (χ1n) is 7.55. The molecule has 1 aromatic carbocycles. The Bertz CT molecular complexity index is 466. The molecule has 2 nitrogen and oxygen atoms in total. The van der Waals surface area contributed by atoms with Gasteiger partial charge in [0.1, 0.15) is 5.82 Å². The van der Waals surface area contributed by atoms with E-state index < -0.39 is 0 Å². The number of halogens is 2. The molecule has 0 bridgehead atoms. The lowest BCUT2D eigenvalue weighted by atomic mass is 9.74. The van der Waals surface area contributed by atoms with Crippen molar-refractivity contribution in [1.29, 1.82) is 0 Å². The minimum atomic E-state index is -0.159. The molecular formula is C16H22BrFN2. The van der Waals surface area contributed by atoms with Gasteiger partial charge in [0.25, 0.3) is 0 Å². The summed E-state index contributed by atoms with van der Waals surface area (Å²) in [5, 5.41) is 3.55. The van der Waals surface area contributed by atoms with Gasteiger partial charge in [-0.25, -0.2) is 4.39 Å². The zero-order valence-corrected chi connectivity index (χ0v) is 13.4. The summed E-state index contributed by atoms with van der Waals surface area (Å²) in [6.07, 6.45) is 5.22. The lowest BCUT2D eigenvalue weighted by Gasteiger charge is -2.45. The van der Waals surface area contributed by atoms with Crippen LogP contribution in [-0.4, -0.2) is 31.1 Å². The van der Waals surface area contributed by atoms with E-state index in [-0.39, 0.29) is 5.82 Å². The molecule has 2 saturated heterocycles. The molecule has 2 aliphatic heterocycles. The van der Waals surface area contributed by atoms with Gasteiger partial charge in [-0.2, -0.15) is 0 Å². The van der Waals surface area contributed by atoms with E-state index in [2.05, 4.69) is 26.1 Å². The number of hydrogen-bond acceptors (Lipinski definition) is 2. The van der Waals surface area contributed by atoms with Gasteiger partial charge >= 0.3 is 0 Å². The van der Waals surface area contributed by atoms with Gasteiger partial charge in [-0.3, -0.25) is 4.90 Å². The van der Waals surface area contributed by atoms with Crippen molar-refractivity contribution in [2.45, 2.75) is 32.2 Å². The Morgan fingerprint density at radius 2 is 2.15 bits per heavy atom. The fourth-order valence-corrected chi connectivity index (χ4v) is 4.12. The Morgan fingerprint density at radius 1 is 1.30 bits per heavy atom. The van der Waals surface area contributed by atoms with Crippen LogP contribution in [0.5, 0.6) is 0 Å². The smallest absolute Gasteiger partial charge is 0.137 e. The van der Waals surface area contributed by atoms with E-state index in [0.29, 0.717) is 9.89 Å². The second kappa shape index (κ2) is 6.12. The maximum absolute atomic E-state index is 13.6. The average Bonchev–Trinajstić information content (AvgIpc) is 2.45. The first kappa shape index (κ1) is 14.5. The zero-order chi connectivity index (χ0) is 14.0. The quantitative estimate of drug-likeness (QED) is 0.885. The maximum Gasteiger partial charge on any atom is 0.137 e. The normalized spacial score (nSPS) is 27.9. The molecule has 0 saturated carbocycles. The Hall–Kier alpha value is -0.450. The van der Waals surface area contributed by atoms with Gasteiger partial charge in [0.15, 0.2) is 0 Å². The molecule has 0 radical (unpaired) electrons. The first-order valence-corrected chi connectivity index (χ1v) is 8.34. The van der Waals surface area contributed by atoms with Crippen molar-refractivity contribution in [1.82, 2.24) is 10.2 Å². The number of likely N-dealkylation sites (tertiary alicyclic amines) is 1. The van der Waals surface area contributed by atoms with Crippen LogP contribution >= 0.6 is 15.9 Å². The molecule has 0 aliphatic carbocycles. The largest absolute Gasteiger partial charge is 0.316 e. The predicted octanol–water partition coefficient (Wildman–Crippen LogP) is 3.55. The molecule has 3 rings (SSSR count). The second-order valence-electron chi connectivity index (χ2n) is 6.31. The van der Waals surface area contributed by atoms with Crippen LogP contribution < -0.4 is 5.32 Å². The molecular weight excluding hydrogens is 319 g/mol. The van der Waals surface area contributed by atoms with Crippen molar-refractivity contribution in [2.75, 3.05) is 26.2 Å². The molecule has 0 aromatic heterocycles. The highest BCUT2D eigenvalue weighted by molar-refractivity contribution is 9.10. The fraction of sp³-hybridized carbons (Fsp3) is 0.625. The fourth-order valence-electron chi connectivity index (χ4n) is 3.74. The van der Waals surface area contributed by atoms with Crippen LogP contribution in [0, 0.1) is 11.2 Å². The van der Waals surface area contributed by atoms with E-state index in [0.717, 1.165) is 38.3 Å². The maximum atomic E-state index is 13.6. The first-order chi connectivity index (χ1) is 9.69. The van der Waals surface area contributed by atoms with E-state index in [9.17, 15) is 4.39 Å². The molecule has 20 heavy (non-hydrogen) atoms. The molecule has 2 fully saturated rings. The molecule has 1 N–H and O–H groups in total. The SMILES string of the molecule is Fc1cccc(CN2CCCC3(CCCNC3)C2)c1Br. The van der Waals surface area contributed by atoms with Crippen molar-refractivity contribution in [3.63, 3.8) is 0 Å². The van der Waals surface area contributed by atoms with E-state index >= 15 is 0 Å². The van der Waals surface area contributed by atoms with Crippen LogP contribution in [-0.2, 0) is 6.54 Å². The second-order valence-corrected chi connectivity index (χ2v) is 7.10. The minimum Gasteiger partial charge on any atom is -0.316 e. The molecule has 2 heterocycles. The lowest BCUT2D eigenvalue weighted by Crippen LogP contribution is -2.50. The van der Waals surface area contributed by atoms with Gasteiger partial charge in [-0.05, 0) is 71.7 Å². The summed E-state index contributed by atoms with van der Waals surface area (Å²) in [5.74, 6) is -0.159. The molecule has 1 unspecified atom stereocenters. The summed E-state index contributed by atoms with van der Waals surface area (Å²) in [6.45, 7) is 5.43. The molecule has 1 spiro atoms. The Kier molecular flexibility index (Phi) is 4.43. The average molecular weight is 341 g/mol. The van der Waals surface area contributed by atoms with Gasteiger partial charge < -0.3 is 5.32 Å². The van der Waals surface area contributed by atoms with Crippen LogP contribution in [0.25, 0.3) is 0 Å². The topological polar surface area (TPSA) is 15.3 Å². The minimum absolute atomic E-state index is 0.159. The predicted molar refractivity (Wildman–Crippen MR) is 83.1 cm³/mol. The van der Waals surface area contributed by atoms with Crippen molar-refractivity contribution < 1.29 is 4.39 Å². The van der Waals surface area contributed by atoms with Gasteiger partial charge in [0.2, 0.25) is 0 Å². The number of nitrogens with one attached hydrogen (secondary N) is 1. The molecule has 1 atom stereocenters. The third-order valence-electron chi connectivity index (χ3n) is 4.73. The van der Waals surface area contributed by atoms with Gasteiger partial charge in [0.05, 0.1) is 4.47 Å². The third kappa shape index (κ3) is 3.07. The van der Waals surface area contributed by atoms with Crippen molar-refractivity contribution in [2.24, 2.45) is 5.41 Å². The van der Waals surface area contributed by atoms with Gasteiger partial charge in [0, 0.05) is 19.6 Å². The highest BCUT2D eigenvalue weighted by atomic mass is 79.9. The standard InChI is InChI=1S/C16H22BrFN2/c17-15-13(4-1-5-14(15)18)10-20-9-3-7-16(12-20)6-2-8-19-11-16/h1,4-5,19H,2-3,6-12H2. The summed E-state index contributed by atoms with van der Waals surface area (Å²) >= 11 is 3.38. The number of piperidine rings is 2. The summed E-state index contributed by atoms with van der Waals surface area (Å²) in [7, 11) is 0. The lowest BCUT2D eigenvalue weighted by molar-refractivity contribution is 0.0599. The van der Waals surface area contributed by atoms with E-state index in [1.807, 2.05) is 6.07 Å². The molecule has 2 aliphatic rings. The zero-order valence-electron chi connectivity index (χ0n) is 11.8. The van der Waals surface area contributed by atoms with E-state index in [1.165, 1.54) is 31.7 Å². The summed E-state index contributed by atoms with van der Waals surface area (Å²) < 4.78 is 14.2. The highest BCUT2D eigenvalue weighted by Gasteiger charge is 2.36. The molecule has 110 valence electrons. The Labute approximate surface area is 128 Å².